The Hall–Kier alpha value is -0.770. The molecule has 0 fully saturated rings. The van der Waals surface area contributed by atoms with E-state index < -0.39 is 5.92 Å². The first-order valence-electron chi connectivity index (χ1n) is 5.16. The fraction of sp³-hybridized carbons (Fsp3) is 0.727. The lowest BCUT2D eigenvalue weighted by molar-refractivity contribution is -0.124. The van der Waals surface area contributed by atoms with Crippen LogP contribution in [0.2, 0.25) is 0 Å². The fourth-order valence-electron chi connectivity index (χ4n) is 1.52. The van der Waals surface area contributed by atoms with Crippen LogP contribution in [0.25, 0.3) is 0 Å². The lowest BCUT2D eigenvalue weighted by Crippen LogP contribution is -2.23. The molecule has 0 aromatic heterocycles. The predicted octanol–water partition coefficient (Wildman–Crippen LogP) is 2.73. The van der Waals surface area contributed by atoms with Crippen molar-refractivity contribution in [3.8, 4) is 0 Å². The van der Waals surface area contributed by atoms with Gasteiger partial charge in [0.1, 0.15) is 6.61 Å². The van der Waals surface area contributed by atoms with Gasteiger partial charge in [-0.1, -0.05) is 6.08 Å². The van der Waals surface area contributed by atoms with E-state index >= 15 is 0 Å². The molecule has 1 atom stereocenters. The molecule has 1 rings (SSSR count). The number of allylic oxidation sites excluding steroid dienone is 2. The third kappa shape index (κ3) is 5.02. The maximum Gasteiger partial charge on any atom is 0.266 e. The maximum atomic E-state index is 13.0. The summed E-state index contributed by atoms with van der Waals surface area (Å²) in [6.45, 7) is 1.46. The summed E-state index contributed by atoms with van der Waals surface area (Å²) in [6, 6.07) is 0. The van der Waals surface area contributed by atoms with Crippen LogP contribution in [0.1, 0.15) is 32.6 Å². The van der Waals surface area contributed by atoms with Crippen LogP contribution in [0.4, 0.5) is 8.78 Å². The highest BCUT2D eigenvalue weighted by molar-refractivity contribution is 5.76. The van der Waals surface area contributed by atoms with Gasteiger partial charge < -0.3 is 4.74 Å². The van der Waals surface area contributed by atoms with Gasteiger partial charge >= 0.3 is 0 Å². The topological polar surface area (TPSA) is 26.3 Å². The van der Waals surface area contributed by atoms with E-state index in [9.17, 15) is 13.6 Å². The van der Waals surface area contributed by atoms with Gasteiger partial charge in [-0.05, 0) is 32.3 Å². The predicted molar refractivity (Wildman–Crippen MR) is 53.0 cm³/mol. The zero-order chi connectivity index (χ0) is 11.3. The minimum atomic E-state index is -2.72. The highest BCUT2D eigenvalue weighted by Crippen LogP contribution is 2.27. The van der Waals surface area contributed by atoms with Crippen LogP contribution < -0.4 is 0 Å². The molecule has 86 valence electrons. The number of ether oxygens (including phenoxy) is 1. The van der Waals surface area contributed by atoms with E-state index in [4.69, 9.17) is 4.74 Å². The Kier molecular flexibility index (Phi) is 4.39. The highest BCUT2D eigenvalue weighted by atomic mass is 19.3. The monoisotopic (exact) mass is 218 g/mol. The average Bonchev–Trinajstić information content (AvgIpc) is 2.12. The Morgan fingerprint density at radius 3 is 2.93 bits per heavy atom. The van der Waals surface area contributed by atoms with E-state index in [1.165, 1.54) is 13.0 Å². The molecule has 0 spiro atoms. The molecule has 4 heteroatoms. The molecule has 0 saturated heterocycles. The molecule has 0 amide bonds. The molecule has 0 aromatic rings. The van der Waals surface area contributed by atoms with Crippen molar-refractivity contribution < 1.29 is 18.3 Å². The van der Waals surface area contributed by atoms with Crippen molar-refractivity contribution in [2.45, 2.75) is 44.6 Å². The van der Waals surface area contributed by atoms with Crippen LogP contribution in [0.3, 0.4) is 0 Å². The second kappa shape index (κ2) is 5.35. The normalized spacial score (nSPS) is 25.7. The van der Waals surface area contributed by atoms with E-state index in [0.29, 0.717) is 19.3 Å². The van der Waals surface area contributed by atoms with E-state index in [0.717, 1.165) is 6.08 Å². The largest absolute Gasteiger partial charge is 0.370 e. The van der Waals surface area contributed by atoms with Gasteiger partial charge in [0.25, 0.3) is 5.92 Å². The Morgan fingerprint density at radius 2 is 2.27 bits per heavy atom. The Morgan fingerprint density at radius 1 is 1.53 bits per heavy atom. The summed E-state index contributed by atoms with van der Waals surface area (Å²) in [7, 11) is 0. The summed E-state index contributed by atoms with van der Waals surface area (Å²) in [5.74, 6) is -2.79. The molecule has 0 heterocycles. The lowest BCUT2D eigenvalue weighted by Gasteiger charge is -2.21. The molecule has 0 radical (unpaired) electrons. The average molecular weight is 218 g/mol. The summed E-state index contributed by atoms with van der Waals surface area (Å²) >= 11 is 0. The van der Waals surface area contributed by atoms with Crippen LogP contribution in [0, 0.1) is 0 Å². The Balaban J connectivity index is 2.42. The smallest absolute Gasteiger partial charge is 0.266 e. The quantitative estimate of drug-likeness (QED) is 0.681. The number of alkyl halides is 2. The lowest BCUT2D eigenvalue weighted by atomic mass is 10.0. The van der Waals surface area contributed by atoms with Crippen molar-refractivity contribution in [1.82, 2.24) is 0 Å². The molecule has 0 N–H and O–H groups in total. The Bertz CT molecular complexity index is 249. The molecule has 15 heavy (non-hydrogen) atoms. The second-order valence-electron chi connectivity index (χ2n) is 3.91. The third-order valence-corrected chi connectivity index (χ3v) is 2.34. The molecule has 0 saturated carbocycles. The molecule has 2 nitrogen and oxygen atoms in total. The molecule has 1 aliphatic rings. The number of ketones is 1. The van der Waals surface area contributed by atoms with E-state index in [1.54, 1.807) is 0 Å². The zero-order valence-electron chi connectivity index (χ0n) is 8.84. The van der Waals surface area contributed by atoms with Crippen molar-refractivity contribution in [2.75, 3.05) is 6.61 Å². The summed E-state index contributed by atoms with van der Waals surface area (Å²) in [5, 5.41) is 0. The summed E-state index contributed by atoms with van der Waals surface area (Å²) < 4.78 is 31.3. The van der Waals surface area contributed by atoms with E-state index in [-0.39, 0.29) is 24.9 Å². The van der Waals surface area contributed by atoms with Crippen LogP contribution in [0.15, 0.2) is 12.2 Å². The fourth-order valence-corrected chi connectivity index (χ4v) is 1.52. The summed E-state index contributed by atoms with van der Waals surface area (Å²) in [4.78, 5) is 10.7. The van der Waals surface area contributed by atoms with Gasteiger partial charge in [0.05, 0.1) is 6.10 Å². The minimum Gasteiger partial charge on any atom is -0.370 e. The van der Waals surface area contributed by atoms with Crippen LogP contribution >= 0.6 is 0 Å². The van der Waals surface area contributed by atoms with Gasteiger partial charge in [-0.3, -0.25) is 4.79 Å². The summed E-state index contributed by atoms with van der Waals surface area (Å²) in [6.07, 6.45) is 3.64. The van der Waals surface area contributed by atoms with Gasteiger partial charge in [-0.15, -0.1) is 0 Å². The molecular weight excluding hydrogens is 202 g/mol. The molecule has 1 aliphatic carbocycles. The first-order valence-corrected chi connectivity index (χ1v) is 5.16. The highest BCUT2D eigenvalue weighted by Gasteiger charge is 2.27. The number of hydrogen-bond donors (Lipinski definition) is 0. The number of carbonyl (C=O) groups excluding carboxylic acids is 1. The van der Waals surface area contributed by atoms with Crippen molar-refractivity contribution in [1.29, 1.82) is 0 Å². The SMILES string of the molecule is CC(=O)COC1CCC=CC(F)(F)CC1. The number of rotatable bonds is 3. The molecule has 0 aromatic carbocycles. The molecular formula is C11H16F2O2. The van der Waals surface area contributed by atoms with Crippen molar-refractivity contribution >= 4 is 5.78 Å². The molecule has 0 bridgehead atoms. The second-order valence-corrected chi connectivity index (χ2v) is 3.91. The first kappa shape index (κ1) is 12.3. The number of halogens is 2. The van der Waals surface area contributed by atoms with Gasteiger partial charge in [0.15, 0.2) is 5.78 Å². The van der Waals surface area contributed by atoms with Crippen LogP contribution in [0.5, 0.6) is 0 Å². The molecule has 0 aliphatic heterocycles. The van der Waals surface area contributed by atoms with Gasteiger partial charge in [0.2, 0.25) is 0 Å². The van der Waals surface area contributed by atoms with Crippen LogP contribution in [-0.2, 0) is 9.53 Å². The maximum absolute atomic E-state index is 13.0. The zero-order valence-corrected chi connectivity index (χ0v) is 8.84. The van der Waals surface area contributed by atoms with Crippen molar-refractivity contribution in [3.63, 3.8) is 0 Å². The van der Waals surface area contributed by atoms with Gasteiger partial charge in [0, 0.05) is 6.42 Å². The third-order valence-electron chi connectivity index (χ3n) is 2.34. The Labute approximate surface area is 88.3 Å². The minimum absolute atomic E-state index is 0.0277. The van der Waals surface area contributed by atoms with Gasteiger partial charge in [-0.25, -0.2) is 8.78 Å². The van der Waals surface area contributed by atoms with Crippen molar-refractivity contribution in [3.05, 3.63) is 12.2 Å². The van der Waals surface area contributed by atoms with E-state index in [2.05, 4.69) is 0 Å². The summed E-state index contributed by atoms with van der Waals surface area (Å²) in [5.41, 5.74) is 0. The standard InChI is InChI=1S/C11H16F2O2/c1-9(14)8-15-10-4-2-3-6-11(12,13)7-5-10/h3,6,10H,2,4-5,7-8H2,1H3. The number of Topliss-reactive ketones (excluding diaryl/α,β-unsaturated/α-hetero) is 1. The first-order chi connectivity index (χ1) is 6.99. The van der Waals surface area contributed by atoms with Gasteiger partial charge in [-0.2, -0.15) is 0 Å². The number of hydrogen-bond acceptors (Lipinski definition) is 2. The van der Waals surface area contributed by atoms with Crippen LogP contribution in [-0.4, -0.2) is 24.4 Å². The van der Waals surface area contributed by atoms with E-state index in [1.807, 2.05) is 0 Å². The van der Waals surface area contributed by atoms with Crippen molar-refractivity contribution in [2.24, 2.45) is 0 Å². The molecule has 1 unspecified atom stereocenters. The number of carbonyl (C=O) groups is 1.